The van der Waals surface area contributed by atoms with Crippen LogP contribution in [0.1, 0.15) is 52.1 Å². The molecule has 0 aromatic carbocycles. The van der Waals surface area contributed by atoms with Crippen molar-refractivity contribution in [1.29, 1.82) is 0 Å². The van der Waals surface area contributed by atoms with Crippen LogP contribution in [0.4, 0.5) is 0 Å². The van der Waals surface area contributed by atoms with Crippen LogP contribution in [0, 0.1) is 11.3 Å². The number of carbonyl (C=O) groups excluding carboxylic acids is 1. The van der Waals surface area contributed by atoms with E-state index >= 15 is 0 Å². The summed E-state index contributed by atoms with van der Waals surface area (Å²) >= 11 is 0. The second kappa shape index (κ2) is 7.27. The minimum absolute atomic E-state index is 0.196. The molecule has 2 saturated heterocycles. The number of carbonyl (C=O) groups is 1. The second-order valence-corrected chi connectivity index (χ2v) is 9.17. The Morgan fingerprint density at radius 3 is 2.65 bits per heavy atom. The van der Waals surface area contributed by atoms with E-state index in [-0.39, 0.29) is 5.41 Å². The summed E-state index contributed by atoms with van der Waals surface area (Å²) in [6.45, 7) is 10.6. The number of nitrogens with zero attached hydrogens (tertiary/aromatic N) is 5. The summed E-state index contributed by atoms with van der Waals surface area (Å²) in [5, 5.41) is 8.44. The highest BCUT2D eigenvalue weighted by Gasteiger charge is 2.40. The van der Waals surface area contributed by atoms with Crippen molar-refractivity contribution in [2.75, 3.05) is 33.2 Å². The van der Waals surface area contributed by atoms with Crippen molar-refractivity contribution >= 4 is 5.91 Å². The van der Waals surface area contributed by atoms with Crippen LogP contribution >= 0.6 is 0 Å². The predicted octanol–water partition coefficient (Wildman–Crippen LogP) is 1.44. The summed E-state index contributed by atoms with van der Waals surface area (Å²) in [6, 6.07) is 0. The first kappa shape index (κ1) is 19.3. The number of rotatable bonds is 4. The van der Waals surface area contributed by atoms with Gasteiger partial charge in [0.15, 0.2) is 0 Å². The Morgan fingerprint density at radius 1 is 1.35 bits per heavy atom. The molecule has 1 amide bonds. The van der Waals surface area contributed by atoms with Gasteiger partial charge in [-0.05, 0) is 65.6 Å². The quantitative estimate of drug-likeness (QED) is 0.877. The average molecular weight is 363 g/mol. The van der Waals surface area contributed by atoms with Gasteiger partial charge in [-0.25, -0.2) is 0 Å². The van der Waals surface area contributed by atoms with Gasteiger partial charge in [-0.2, -0.15) is 0 Å². The molecule has 0 unspecified atom stereocenters. The van der Waals surface area contributed by atoms with E-state index in [9.17, 15) is 4.79 Å². The highest BCUT2D eigenvalue weighted by molar-refractivity contribution is 5.82. The van der Waals surface area contributed by atoms with Crippen LogP contribution in [0.15, 0.2) is 6.20 Å². The summed E-state index contributed by atoms with van der Waals surface area (Å²) in [5.41, 5.74) is 6.23. The molecule has 26 heavy (non-hydrogen) atoms. The van der Waals surface area contributed by atoms with Crippen molar-refractivity contribution in [2.24, 2.45) is 17.1 Å². The Bertz CT molecular complexity index is 626. The number of likely N-dealkylation sites (tertiary alicyclic amines) is 2. The lowest BCUT2D eigenvalue weighted by Crippen LogP contribution is -2.51. The van der Waals surface area contributed by atoms with E-state index < -0.39 is 5.54 Å². The Morgan fingerprint density at radius 2 is 2.04 bits per heavy atom. The molecule has 7 nitrogen and oxygen atoms in total. The number of nitrogens with two attached hydrogens (primary N) is 1. The molecule has 0 saturated carbocycles. The largest absolute Gasteiger partial charge is 0.342 e. The minimum Gasteiger partial charge on any atom is -0.342 e. The van der Waals surface area contributed by atoms with E-state index in [1.165, 1.54) is 0 Å². The third-order valence-corrected chi connectivity index (χ3v) is 6.06. The number of hydrogen-bond acceptors (Lipinski definition) is 5. The van der Waals surface area contributed by atoms with Gasteiger partial charge in [0.1, 0.15) is 5.69 Å². The first-order chi connectivity index (χ1) is 12.2. The smallest absolute Gasteiger partial charge is 0.228 e. The van der Waals surface area contributed by atoms with E-state index in [1.54, 1.807) is 0 Å². The van der Waals surface area contributed by atoms with Crippen LogP contribution in [0.2, 0.25) is 0 Å². The van der Waals surface area contributed by atoms with Gasteiger partial charge < -0.3 is 15.5 Å². The first-order valence-corrected chi connectivity index (χ1v) is 9.85. The topological polar surface area (TPSA) is 80.3 Å². The van der Waals surface area contributed by atoms with Gasteiger partial charge in [-0.1, -0.05) is 12.1 Å². The highest BCUT2D eigenvalue weighted by atomic mass is 16.2. The van der Waals surface area contributed by atoms with Crippen LogP contribution in [-0.4, -0.2) is 63.9 Å². The number of amides is 1. The van der Waals surface area contributed by atoms with Crippen molar-refractivity contribution in [3.8, 4) is 0 Å². The molecule has 146 valence electrons. The zero-order chi connectivity index (χ0) is 18.9. The second-order valence-electron chi connectivity index (χ2n) is 9.17. The lowest BCUT2D eigenvalue weighted by atomic mass is 9.78. The van der Waals surface area contributed by atoms with Crippen molar-refractivity contribution in [2.45, 2.75) is 58.5 Å². The molecule has 2 N–H and O–H groups in total. The average Bonchev–Trinajstić information content (AvgIpc) is 3.06. The molecule has 0 radical (unpaired) electrons. The molecule has 1 aromatic heterocycles. The standard InChI is InChI=1S/C19H34N6O/c1-18(2,20)16-14-25(22-21-16)13-15-6-5-9-24(12-15)17(26)19(3)7-10-23(4)11-8-19/h14-15H,5-13,20H2,1-4H3/t15-/m0/s1. The molecule has 7 heteroatoms. The summed E-state index contributed by atoms with van der Waals surface area (Å²) in [6.07, 6.45) is 6.06. The Balaban J connectivity index is 1.60. The predicted molar refractivity (Wildman–Crippen MR) is 101 cm³/mol. The van der Waals surface area contributed by atoms with Crippen molar-refractivity contribution in [1.82, 2.24) is 24.8 Å². The molecule has 1 aromatic rings. The van der Waals surface area contributed by atoms with Gasteiger partial charge in [0, 0.05) is 25.0 Å². The van der Waals surface area contributed by atoms with Gasteiger partial charge >= 0.3 is 0 Å². The molecular formula is C19H34N6O. The summed E-state index contributed by atoms with van der Waals surface area (Å²) in [5.74, 6) is 0.774. The molecule has 0 spiro atoms. The summed E-state index contributed by atoms with van der Waals surface area (Å²) in [4.78, 5) is 17.6. The SMILES string of the molecule is CN1CCC(C)(C(=O)N2CCC[C@H](Cn3cc(C(C)(C)N)nn3)C2)CC1. The molecule has 2 fully saturated rings. The fourth-order valence-corrected chi connectivity index (χ4v) is 4.05. The maximum atomic E-state index is 13.2. The Labute approximate surface area is 156 Å². The maximum absolute atomic E-state index is 13.2. The van der Waals surface area contributed by atoms with Crippen molar-refractivity contribution in [3.05, 3.63) is 11.9 Å². The monoisotopic (exact) mass is 362 g/mol. The molecule has 2 aliphatic heterocycles. The third kappa shape index (κ3) is 4.26. The zero-order valence-corrected chi connectivity index (χ0v) is 16.7. The van der Waals surface area contributed by atoms with E-state index in [2.05, 4.69) is 34.1 Å². The lowest BCUT2D eigenvalue weighted by molar-refractivity contribution is -0.145. The van der Waals surface area contributed by atoms with Crippen LogP contribution in [0.3, 0.4) is 0 Å². The number of aromatic nitrogens is 3. The maximum Gasteiger partial charge on any atom is 0.228 e. The summed E-state index contributed by atoms with van der Waals surface area (Å²) < 4.78 is 1.89. The van der Waals surface area contributed by atoms with Crippen LogP contribution in [0.5, 0.6) is 0 Å². The highest BCUT2D eigenvalue weighted by Crippen LogP contribution is 2.34. The van der Waals surface area contributed by atoms with E-state index in [4.69, 9.17) is 5.73 Å². The van der Waals surface area contributed by atoms with Gasteiger partial charge in [0.25, 0.3) is 0 Å². The van der Waals surface area contributed by atoms with E-state index in [0.29, 0.717) is 11.8 Å². The van der Waals surface area contributed by atoms with Gasteiger partial charge in [-0.15, -0.1) is 5.10 Å². The lowest BCUT2D eigenvalue weighted by Gasteiger charge is -2.42. The summed E-state index contributed by atoms with van der Waals surface area (Å²) in [7, 11) is 2.13. The Hall–Kier alpha value is -1.47. The van der Waals surface area contributed by atoms with Gasteiger partial charge in [0.05, 0.1) is 11.7 Å². The fourth-order valence-electron chi connectivity index (χ4n) is 4.05. The van der Waals surface area contributed by atoms with Gasteiger partial charge in [0.2, 0.25) is 5.91 Å². The third-order valence-electron chi connectivity index (χ3n) is 6.06. The fraction of sp³-hybridized carbons (Fsp3) is 0.842. The van der Waals surface area contributed by atoms with E-state index in [0.717, 1.165) is 64.1 Å². The molecule has 1 atom stereocenters. The van der Waals surface area contributed by atoms with Crippen LogP contribution in [0.25, 0.3) is 0 Å². The molecule has 0 bridgehead atoms. The minimum atomic E-state index is -0.477. The molecule has 3 heterocycles. The number of hydrogen-bond donors (Lipinski definition) is 1. The normalized spacial score (nSPS) is 24.7. The first-order valence-electron chi connectivity index (χ1n) is 9.85. The number of piperidine rings is 2. The Kier molecular flexibility index (Phi) is 5.40. The van der Waals surface area contributed by atoms with Crippen LogP contribution < -0.4 is 5.73 Å². The van der Waals surface area contributed by atoms with Crippen LogP contribution in [-0.2, 0) is 16.9 Å². The molecular weight excluding hydrogens is 328 g/mol. The molecule has 3 rings (SSSR count). The van der Waals surface area contributed by atoms with Gasteiger partial charge in [-0.3, -0.25) is 9.48 Å². The van der Waals surface area contributed by atoms with E-state index in [1.807, 2.05) is 24.7 Å². The molecule has 0 aliphatic carbocycles. The molecule has 2 aliphatic rings. The van der Waals surface area contributed by atoms with Crippen molar-refractivity contribution in [3.63, 3.8) is 0 Å². The van der Waals surface area contributed by atoms with Crippen molar-refractivity contribution < 1.29 is 4.79 Å². The zero-order valence-electron chi connectivity index (χ0n) is 16.7.